The molecule has 1 atom stereocenters. The second-order valence-corrected chi connectivity index (χ2v) is 5.11. The molecule has 7 heteroatoms. The van der Waals surface area contributed by atoms with E-state index in [1.165, 1.54) is 11.0 Å². The largest absolute Gasteiger partial charge is 0.408 e. The Morgan fingerprint density at radius 1 is 1.25 bits per heavy atom. The summed E-state index contributed by atoms with van der Waals surface area (Å²) in [5.41, 5.74) is 0.756. The van der Waals surface area contributed by atoms with Crippen LogP contribution >= 0.6 is 24.0 Å². The van der Waals surface area contributed by atoms with Gasteiger partial charge in [0, 0.05) is 31.2 Å². The van der Waals surface area contributed by atoms with Crippen LogP contribution in [0.4, 0.5) is 13.2 Å². The van der Waals surface area contributed by atoms with Gasteiger partial charge in [0.25, 0.3) is 0 Å². The molecule has 0 unspecified atom stereocenters. The average Bonchev–Trinajstić information content (AvgIpc) is 2.33. The van der Waals surface area contributed by atoms with Gasteiger partial charge in [-0.3, -0.25) is 4.90 Å². The van der Waals surface area contributed by atoms with Crippen molar-refractivity contribution in [1.82, 2.24) is 10.2 Å². The minimum atomic E-state index is -4.33. The maximum Gasteiger partial charge on any atom is 0.408 e. The summed E-state index contributed by atoms with van der Waals surface area (Å²) < 4.78 is 40.3. The molecule has 0 aliphatic carbocycles. The molecule has 0 aromatic heterocycles. The SMILES string of the molecule is Cc1cccc(Cl)c1[C@H](N1CCNCC1)C(F)(F)F.Cl. The fourth-order valence-corrected chi connectivity index (χ4v) is 2.81. The maximum absolute atomic E-state index is 13.4. The smallest absolute Gasteiger partial charge is 0.314 e. The van der Waals surface area contributed by atoms with E-state index in [0.29, 0.717) is 31.7 Å². The van der Waals surface area contributed by atoms with Gasteiger partial charge in [-0.2, -0.15) is 13.2 Å². The summed E-state index contributed by atoms with van der Waals surface area (Å²) in [4.78, 5) is 1.45. The molecule has 1 aliphatic heterocycles. The van der Waals surface area contributed by atoms with Crippen LogP contribution in [0, 0.1) is 6.92 Å². The van der Waals surface area contributed by atoms with E-state index < -0.39 is 12.2 Å². The van der Waals surface area contributed by atoms with Crippen LogP contribution in [0.15, 0.2) is 18.2 Å². The van der Waals surface area contributed by atoms with Crippen molar-refractivity contribution in [2.75, 3.05) is 26.2 Å². The van der Waals surface area contributed by atoms with Crippen LogP contribution in [0.1, 0.15) is 17.2 Å². The Bertz CT molecular complexity index is 425. The summed E-state index contributed by atoms with van der Waals surface area (Å²) >= 11 is 6.01. The summed E-state index contributed by atoms with van der Waals surface area (Å²) in [5, 5.41) is 3.24. The van der Waals surface area contributed by atoms with Crippen molar-refractivity contribution in [3.8, 4) is 0 Å². The number of nitrogens with zero attached hydrogens (tertiary/aromatic N) is 1. The van der Waals surface area contributed by atoms with Gasteiger partial charge in [-0.05, 0) is 24.1 Å². The minimum Gasteiger partial charge on any atom is -0.314 e. The van der Waals surface area contributed by atoms with Crippen molar-refractivity contribution in [1.29, 1.82) is 0 Å². The number of nitrogens with one attached hydrogen (secondary N) is 1. The lowest BCUT2D eigenvalue weighted by Gasteiger charge is -2.37. The van der Waals surface area contributed by atoms with E-state index >= 15 is 0 Å². The molecule has 20 heavy (non-hydrogen) atoms. The number of hydrogen-bond donors (Lipinski definition) is 1. The molecular weight excluding hydrogens is 312 g/mol. The average molecular weight is 329 g/mol. The third kappa shape index (κ3) is 3.79. The molecule has 2 nitrogen and oxygen atoms in total. The third-order valence-electron chi connectivity index (χ3n) is 3.37. The van der Waals surface area contributed by atoms with Crippen molar-refractivity contribution in [3.05, 3.63) is 34.3 Å². The molecule has 1 aliphatic rings. The van der Waals surface area contributed by atoms with Crippen molar-refractivity contribution >= 4 is 24.0 Å². The quantitative estimate of drug-likeness (QED) is 0.892. The van der Waals surface area contributed by atoms with Gasteiger partial charge in [0.05, 0.1) is 0 Å². The second kappa shape index (κ2) is 6.98. The molecular formula is C13H17Cl2F3N2. The van der Waals surface area contributed by atoms with Crippen LogP contribution in [-0.4, -0.2) is 37.3 Å². The highest BCUT2D eigenvalue weighted by Gasteiger charge is 2.46. The van der Waals surface area contributed by atoms with Gasteiger partial charge < -0.3 is 5.32 Å². The normalized spacial score (nSPS) is 18.4. The first-order valence-corrected chi connectivity index (χ1v) is 6.55. The van der Waals surface area contributed by atoms with Crippen LogP contribution in [0.25, 0.3) is 0 Å². The molecule has 0 spiro atoms. The predicted molar refractivity (Wildman–Crippen MR) is 76.7 cm³/mol. The fraction of sp³-hybridized carbons (Fsp3) is 0.538. The number of benzene rings is 1. The number of halogens is 5. The van der Waals surface area contributed by atoms with Gasteiger partial charge in [-0.15, -0.1) is 12.4 Å². The molecule has 0 bridgehead atoms. The van der Waals surface area contributed by atoms with E-state index in [4.69, 9.17) is 11.6 Å². The zero-order chi connectivity index (χ0) is 14.0. The lowest BCUT2D eigenvalue weighted by molar-refractivity contribution is -0.188. The van der Waals surface area contributed by atoms with Gasteiger partial charge in [-0.25, -0.2) is 0 Å². The van der Waals surface area contributed by atoms with Crippen molar-refractivity contribution < 1.29 is 13.2 Å². The monoisotopic (exact) mass is 328 g/mol. The minimum absolute atomic E-state index is 0. The van der Waals surface area contributed by atoms with E-state index in [1.54, 1.807) is 19.1 Å². The van der Waals surface area contributed by atoms with Gasteiger partial charge in [0.1, 0.15) is 6.04 Å². The Kier molecular flexibility index (Phi) is 6.13. The Labute approximate surface area is 127 Å². The molecule has 1 N–H and O–H groups in total. The lowest BCUT2D eigenvalue weighted by Crippen LogP contribution is -2.49. The lowest BCUT2D eigenvalue weighted by atomic mass is 9.98. The highest BCUT2D eigenvalue weighted by Crippen LogP contribution is 2.41. The summed E-state index contributed by atoms with van der Waals surface area (Å²) in [7, 11) is 0. The van der Waals surface area contributed by atoms with Gasteiger partial charge in [-0.1, -0.05) is 23.7 Å². The molecule has 1 fully saturated rings. The topological polar surface area (TPSA) is 15.3 Å². The maximum atomic E-state index is 13.4. The molecule has 1 aromatic rings. The number of alkyl halides is 3. The summed E-state index contributed by atoms with van der Waals surface area (Å²) in [6.07, 6.45) is -4.33. The predicted octanol–water partition coefficient (Wildman–Crippen LogP) is 3.58. The first-order chi connectivity index (χ1) is 8.91. The molecule has 1 saturated heterocycles. The summed E-state index contributed by atoms with van der Waals surface area (Å²) in [5.74, 6) is 0. The Morgan fingerprint density at radius 2 is 1.85 bits per heavy atom. The first-order valence-electron chi connectivity index (χ1n) is 6.18. The molecule has 1 heterocycles. The van der Waals surface area contributed by atoms with Crippen molar-refractivity contribution in [3.63, 3.8) is 0 Å². The Balaban J connectivity index is 0.00000200. The van der Waals surface area contributed by atoms with E-state index in [1.807, 2.05) is 0 Å². The number of hydrogen-bond acceptors (Lipinski definition) is 2. The Hall–Kier alpha value is -0.490. The van der Waals surface area contributed by atoms with Crippen LogP contribution in [-0.2, 0) is 0 Å². The van der Waals surface area contributed by atoms with Crippen molar-refractivity contribution in [2.45, 2.75) is 19.1 Å². The highest BCUT2D eigenvalue weighted by atomic mass is 35.5. The van der Waals surface area contributed by atoms with Gasteiger partial charge >= 0.3 is 6.18 Å². The number of rotatable bonds is 2. The van der Waals surface area contributed by atoms with Crippen LogP contribution in [0.3, 0.4) is 0 Å². The van der Waals surface area contributed by atoms with Gasteiger partial charge in [0.2, 0.25) is 0 Å². The standard InChI is InChI=1S/C13H16ClF3N2.ClH/c1-9-3-2-4-10(14)11(9)12(13(15,16)17)19-7-5-18-6-8-19;/h2-4,12,18H,5-8H2,1H3;1H/t12-;/m0./s1. The molecule has 0 amide bonds. The van der Waals surface area contributed by atoms with Crippen LogP contribution in [0.2, 0.25) is 5.02 Å². The second-order valence-electron chi connectivity index (χ2n) is 4.70. The molecule has 114 valence electrons. The first kappa shape index (κ1) is 17.6. The van der Waals surface area contributed by atoms with E-state index in [2.05, 4.69) is 5.32 Å². The molecule has 0 radical (unpaired) electrons. The zero-order valence-corrected chi connectivity index (χ0v) is 12.6. The Morgan fingerprint density at radius 3 is 2.35 bits per heavy atom. The number of piperazine rings is 1. The van der Waals surface area contributed by atoms with Crippen LogP contribution in [0.5, 0.6) is 0 Å². The van der Waals surface area contributed by atoms with Gasteiger partial charge in [0.15, 0.2) is 0 Å². The fourth-order valence-electron chi connectivity index (χ4n) is 2.48. The van der Waals surface area contributed by atoms with Crippen molar-refractivity contribution in [2.24, 2.45) is 0 Å². The number of aryl methyl sites for hydroxylation is 1. The highest BCUT2D eigenvalue weighted by molar-refractivity contribution is 6.31. The van der Waals surface area contributed by atoms with E-state index in [9.17, 15) is 13.2 Å². The molecule has 1 aromatic carbocycles. The zero-order valence-electron chi connectivity index (χ0n) is 11.0. The molecule has 2 rings (SSSR count). The summed E-state index contributed by atoms with van der Waals surface area (Å²) in [6, 6.07) is 3.24. The third-order valence-corrected chi connectivity index (χ3v) is 3.70. The molecule has 0 saturated carbocycles. The summed E-state index contributed by atoms with van der Waals surface area (Å²) in [6.45, 7) is 3.54. The van der Waals surface area contributed by atoms with Crippen LogP contribution < -0.4 is 5.32 Å². The van der Waals surface area contributed by atoms with E-state index in [0.717, 1.165) is 0 Å². The van der Waals surface area contributed by atoms with E-state index in [-0.39, 0.29) is 23.0 Å².